The van der Waals surface area contributed by atoms with Gasteiger partial charge in [-0.25, -0.2) is 0 Å². The molecule has 1 saturated carbocycles. The van der Waals surface area contributed by atoms with Crippen LogP contribution < -0.4 is 0 Å². The molecule has 0 aromatic carbocycles. The van der Waals surface area contributed by atoms with E-state index in [-0.39, 0.29) is 12.6 Å². The topological polar surface area (TPSA) is 62.4 Å². The average molecular weight is 293 g/mol. The first-order valence-electron chi connectivity index (χ1n) is 8.45. The Kier molecular flexibility index (Phi) is 4.91. The van der Waals surface area contributed by atoms with Crippen molar-refractivity contribution < 1.29 is 9.63 Å². The van der Waals surface area contributed by atoms with Gasteiger partial charge in [0.05, 0.1) is 13.2 Å². The monoisotopic (exact) mass is 293 g/mol. The van der Waals surface area contributed by atoms with Gasteiger partial charge in [0.25, 0.3) is 0 Å². The van der Waals surface area contributed by atoms with Crippen molar-refractivity contribution in [2.24, 2.45) is 5.92 Å². The maximum Gasteiger partial charge on any atom is 0.229 e. The number of aromatic nitrogens is 2. The molecule has 0 bridgehead atoms. The lowest BCUT2D eigenvalue weighted by Gasteiger charge is -2.38. The van der Waals surface area contributed by atoms with E-state index in [4.69, 9.17) is 4.52 Å². The molecule has 2 heterocycles. The summed E-state index contributed by atoms with van der Waals surface area (Å²) in [4.78, 5) is 6.93. The van der Waals surface area contributed by atoms with Crippen molar-refractivity contribution >= 4 is 0 Å². The molecule has 1 aromatic heterocycles. The molecule has 2 fully saturated rings. The lowest BCUT2D eigenvalue weighted by molar-refractivity contribution is 0.0449. The first kappa shape index (κ1) is 15.0. The molecule has 2 unspecified atom stereocenters. The molecule has 5 nitrogen and oxygen atoms in total. The van der Waals surface area contributed by atoms with Crippen LogP contribution in [-0.4, -0.2) is 39.3 Å². The van der Waals surface area contributed by atoms with E-state index in [1.807, 2.05) is 0 Å². The van der Waals surface area contributed by atoms with Crippen LogP contribution in [0.5, 0.6) is 0 Å². The molecular weight excluding hydrogens is 266 g/mol. The van der Waals surface area contributed by atoms with Gasteiger partial charge < -0.3 is 9.63 Å². The Morgan fingerprint density at radius 3 is 2.76 bits per heavy atom. The van der Waals surface area contributed by atoms with Gasteiger partial charge in [-0.2, -0.15) is 4.98 Å². The molecular formula is C16H27N3O2. The minimum Gasteiger partial charge on any atom is -0.395 e. The summed E-state index contributed by atoms with van der Waals surface area (Å²) < 4.78 is 5.49. The molecule has 1 saturated heterocycles. The van der Waals surface area contributed by atoms with Crippen LogP contribution in [0, 0.1) is 5.92 Å². The highest BCUT2D eigenvalue weighted by atomic mass is 16.5. The smallest absolute Gasteiger partial charge is 0.229 e. The number of hydrogen-bond donors (Lipinski definition) is 1. The number of aliphatic hydroxyl groups is 1. The fraction of sp³-hybridized carbons (Fsp3) is 0.875. The van der Waals surface area contributed by atoms with Gasteiger partial charge in [0.15, 0.2) is 5.82 Å². The van der Waals surface area contributed by atoms with Gasteiger partial charge in [-0.15, -0.1) is 0 Å². The third-order valence-electron chi connectivity index (χ3n) is 5.20. The number of hydrogen-bond acceptors (Lipinski definition) is 5. The summed E-state index contributed by atoms with van der Waals surface area (Å²) in [5.74, 6) is 2.61. The van der Waals surface area contributed by atoms with Gasteiger partial charge in [-0.05, 0) is 38.1 Å². The van der Waals surface area contributed by atoms with Crippen molar-refractivity contribution in [2.45, 2.75) is 70.4 Å². The van der Waals surface area contributed by atoms with Gasteiger partial charge in [0.2, 0.25) is 5.89 Å². The van der Waals surface area contributed by atoms with E-state index in [1.165, 1.54) is 44.9 Å². The Bertz CT molecular complexity index is 442. The molecule has 5 heteroatoms. The number of likely N-dealkylation sites (tertiary alicyclic amines) is 1. The molecule has 2 aliphatic rings. The predicted molar refractivity (Wildman–Crippen MR) is 79.8 cm³/mol. The molecule has 1 aliphatic carbocycles. The number of rotatable bonds is 4. The van der Waals surface area contributed by atoms with Crippen LogP contribution in [0.3, 0.4) is 0 Å². The second-order valence-electron chi connectivity index (χ2n) is 6.72. The van der Waals surface area contributed by atoms with E-state index in [0.717, 1.165) is 18.3 Å². The van der Waals surface area contributed by atoms with Crippen molar-refractivity contribution in [3.05, 3.63) is 11.7 Å². The molecule has 118 valence electrons. The van der Waals surface area contributed by atoms with Crippen molar-refractivity contribution in [2.75, 3.05) is 13.2 Å². The normalized spacial score (nSPS) is 28.9. The van der Waals surface area contributed by atoms with E-state index in [1.54, 1.807) is 0 Å². The van der Waals surface area contributed by atoms with E-state index in [2.05, 4.69) is 22.0 Å². The van der Waals surface area contributed by atoms with E-state index < -0.39 is 0 Å². The lowest BCUT2D eigenvalue weighted by Crippen LogP contribution is -2.46. The van der Waals surface area contributed by atoms with Gasteiger partial charge in [0.1, 0.15) is 0 Å². The van der Waals surface area contributed by atoms with Crippen LogP contribution in [0.4, 0.5) is 0 Å². The molecule has 1 aliphatic heterocycles. The number of aliphatic hydroxyl groups excluding tert-OH is 1. The van der Waals surface area contributed by atoms with Gasteiger partial charge in [-0.1, -0.05) is 31.3 Å². The Morgan fingerprint density at radius 1 is 1.19 bits per heavy atom. The van der Waals surface area contributed by atoms with Crippen LogP contribution in [0.15, 0.2) is 4.52 Å². The zero-order chi connectivity index (χ0) is 14.7. The predicted octanol–water partition coefficient (Wildman–Crippen LogP) is 2.71. The van der Waals surface area contributed by atoms with Gasteiger partial charge in [0, 0.05) is 12.0 Å². The largest absolute Gasteiger partial charge is 0.395 e. The summed E-state index contributed by atoms with van der Waals surface area (Å²) in [6, 6.07) is 0.232. The minimum atomic E-state index is 0.217. The Morgan fingerprint density at radius 2 is 2.00 bits per heavy atom. The van der Waals surface area contributed by atoms with Crippen LogP contribution in [-0.2, 0) is 6.54 Å². The minimum absolute atomic E-state index is 0.217. The maximum absolute atomic E-state index is 9.61. The van der Waals surface area contributed by atoms with Crippen molar-refractivity contribution in [1.29, 1.82) is 0 Å². The summed E-state index contributed by atoms with van der Waals surface area (Å²) in [6.07, 6.45) is 8.63. The Hall–Kier alpha value is -0.940. The molecule has 21 heavy (non-hydrogen) atoms. The average Bonchev–Trinajstić information content (AvgIpc) is 2.97. The molecule has 0 radical (unpaired) electrons. The summed E-state index contributed by atoms with van der Waals surface area (Å²) in [5.41, 5.74) is 0. The summed E-state index contributed by atoms with van der Waals surface area (Å²) >= 11 is 0. The highest BCUT2D eigenvalue weighted by Gasteiger charge is 2.29. The summed E-state index contributed by atoms with van der Waals surface area (Å²) in [5, 5.41) is 13.8. The van der Waals surface area contributed by atoms with E-state index in [0.29, 0.717) is 18.4 Å². The van der Waals surface area contributed by atoms with Crippen molar-refractivity contribution in [3.8, 4) is 0 Å². The van der Waals surface area contributed by atoms with Crippen LogP contribution in [0.1, 0.15) is 69.5 Å². The van der Waals surface area contributed by atoms with Crippen LogP contribution in [0.2, 0.25) is 0 Å². The Labute approximate surface area is 126 Å². The van der Waals surface area contributed by atoms with Crippen LogP contribution >= 0.6 is 0 Å². The third-order valence-corrected chi connectivity index (χ3v) is 5.20. The molecule has 0 amide bonds. The zero-order valence-electron chi connectivity index (χ0n) is 13.0. The van der Waals surface area contributed by atoms with Gasteiger partial charge in [-0.3, -0.25) is 4.90 Å². The fourth-order valence-corrected chi connectivity index (χ4v) is 3.85. The highest BCUT2D eigenvalue weighted by Crippen LogP contribution is 2.32. The number of nitrogens with zero attached hydrogens (tertiary/aromatic N) is 3. The molecule has 0 spiro atoms. The second-order valence-corrected chi connectivity index (χ2v) is 6.72. The standard InChI is InChI=1S/C16H27N3O2/c1-12-6-5-9-19(14(12)11-20)10-15-17-16(21-18-15)13-7-3-2-4-8-13/h12-14,20H,2-11H2,1H3. The SMILES string of the molecule is CC1CCCN(Cc2noc(C3CCCCC3)n2)C1CO. The summed E-state index contributed by atoms with van der Waals surface area (Å²) in [7, 11) is 0. The first-order chi connectivity index (χ1) is 10.3. The second kappa shape index (κ2) is 6.88. The molecule has 3 rings (SSSR count). The zero-order valence-corrected chi connectivity index (χ0v) is 13.0. The highest BCUT2D eigenvalue weighted by molar-refractivity contribution is 4.96. The lowest BCUT2D eigenvalue weighted by atomic mass is 9.89. The van der Waals surface area contributed by atoms with Crippen molar-refractivity contribution in [3.63, 3.8) is 0 Å². The maximum atomic E-state index is 9.61. The molecule has 1 aromatic rings. The van der Waals surface area contributed by atoms with Crippen molar-refractivity contribution in [1.82, 2.24) is 15.0 Å². The first-order valence-corrected chi connectivity index (χ1v) is 8.45. The molecule has 1 N–H and O–H groups in total. The third kappa shape index (κ3) is 3.46. The quantitative estimate of drug-likeness (QED) is 0.924. The van der Waals surface area contributed by atoms with E-state index >= 15 is 0 Å². The Balaban J connectivity index is 1.63. The number of piperidine rings is 1. The molecule has 2 atom stereocenters. The fourth-order valence-electron chi connectivity index (χ4n) is 3.85. The van der Waals surface area contributed by atoms with Gasteiger partial charge >= 0.3 is 0 Å². The van der Waals surface area contributed by atoms with E-state index in [9.17, 15) is 5.11 Å². The summed E-state index contributed by atoms with van der Waals surface area (Å²) in [6.45, 7) is 4.15. The van der Waals surface area contributed by atoms with Crippen LogP contribution in [0.25, 0.3) is 0 Å².